The minimum Gasteiger partial charge on any atom is -0.352 e. The molecule has 5 nitrogen and oxygen atoms in total. The van der Waals surface area contributed by atoms with Gasteiger partial charge in [-0.25, -0.2) is 0 Å². The highest BCUT2D eigenvalue weighted by Crippen LogP contribution is 2.32. The molecule has 1 unspecified atom stereocenters. The van der Waals surface area contributed by atoms with Gasteiger partial charge in [0.2, 0.25) is 11.8 Å². The summed E-state index contributed by atoms with van der Waals surface area (Å²) in [7, 11) is 0. The van der Waals surface area contributed by atoms with E-state index in [1.165, 1.54) is 12.5 Å². The highest BCUT2D eigenvalue weighted by molar-refractivity contribution is 5.85. The molecule has 0 aliphatic carbocycles. The van der Waals surface area contributed by atoms with E-state index < -0.39 is 0 Å². The Hall–Kier alpha value is -2.11. The van der Waals surface area contributed by atoms with Crippen LogP contribution in [0.4, 0.5) is 0 Å². The zero-order valence-electron chi connectivity index (χ0n) is 14.3. The van der Waals surface area contributed by atoms with Crippen molar-refractivity contribution in [2.75, 3.05) is 19.6 Å². The van der Waals surface area contributed by atoms with Gasteiger partial charge in [-0.1, -0.05) is 35.9 Å². The Labute approximate surface area is 154 Å². The number of benzene rings is 1. The predicted molar refractivity (Wildman–Crippen MR) is 101 cm³/mol. The molecule has 2 aliphatic rings. The van der Waals surface area contributed by atoms with Gasteiger partial charge in [0.15, 0.2) is 0 Å². The van der Waals surface area contributed by atoms with Crippen LogP contribution in [0, 0.1) is 0 Å². The zero-order valence-corrected chi connectivity index (χ0v) is 15.1. The number of carbonyl (C=O) groups excluding carboxylic acids is 2. The van der Waals surface area contributed by atoms with Crippen LogP contribution in [0.1, 0.15) is 36.9 Å². The molecule has 0 saturated carbocycles. The van der Waals surface area contributed by atoms with Crippen molar-refractivity contribution in [2.24, 2.45) is 0 Å². The minimum absolute atomic E-state index is 0. The molecule has 1 aromatic rings. The average molecular weight is 362 g/mol. The van der Waals surface area contributed by atoms with Crippen molar-refractivity contribution in [1.82, 2.24) is 15.5 Å². The third-order valence-electron chi connectivity index (χ3n) is 4.52. The van der Waals surface area contributed by atoms with Crippen LogP contribution in [-0.4, -0.2) is 36.3 Å². The summed E-state index contributed by atoms with van der Waals surface area (Å²) in [5.74, 6) is -0.0876. The van der Waals surface area contributed by atoms with E-state index in [1.54, 1.807) is 11.1 Å². The van der Waals surface area contributed by atoms with Gasteiger partial charge < -0.3 is 15.5 Å². The molecule has 1 atom stereocenters. The molecule has 1 aromatic carbocycles. The lowest BCUT2D eigenvalue weighted by molar-refractivity contribution is -0.129. The molecule has 134 valence electrons. The van der Waals surface area contributed by atoms with E-state index in [0.29, 0.717) is 6.54 Å². The Morgan fingerprint density at radius 2 is 2.12 bits per heavy atom. The largest absolute Gasteiger partial charge is 0.352 e. The van der Waals surface area contributed by atoms with Crippen molar-refractivity contribution in [3.8, 4) is 0 Å². The van der Waals surface area contributed by atoms with Crippen molar-refractivity contribution < 1.29 is 9.59 Å². The SMILES string of the molecule is CC(=O)N1C=Cc2ccccc2C1CC(=O)NCC1=CCNCC1.Cl. The highest BCUT2D eigenvalue weighted by Gasteiger charge is 2.28. The minimum atomic E-state index is -0.245. The maximum atomic E-state index is 12.4. The van der Waals surface area contributed by atoms with Gasteiger partial charge in [-0.2, -0.15) is 0 Å². The molecular formula is C19H24ClN3O2. The Morgan fingerprint density at radius 1 is 1.32 bits per heavy atom. The first-order valence-electron chi connectivity index (χ1n) is 8.36. The van der Waals surface area contributed by atoms with Gasteiger partial charge in [0.1, 0.15) is 0 Å². The standard InChI is InChI=1S/C19H23N3O2.ClH/c1-14(23)22-11-8-16-4-2-3-5-17(16)18(22)12-19(24)21-13-15-6-9-20-10-7-15;/h2-6,8,11,18,20H,7,9-10,12-13H2,1H3,(H,21,24);1H. The molecule has 0 radical (unpaired) electrons. The molecule has 0 saturated heterocycles. The van der Waals surface area contributed by atoms with E-state index >= 15 is 0 Å². The molecular weight excluding hydrogens is 338 g/mol. The quantitative estimate of drug-likeness (QED) is 0.809. The van der Waals surface area contributed by atoms with Gasteiger partial charge in [0.05, 0.1) is 12.5 Å². The number of hydrogen-bond acceptors (Lipinski definition) is 3. The third-order valence-corrected chi connectivity index (χ3v) is 4.52. The number of amides is 2. The Balaban J connectivity index is 0.00000225. The summed E-state index contributed by atoms with van der Waals surface area (Å²) in [6, 6.07) is 7.66. The van der Waals surface area contributed by atoms with Crippen LogP contribution >= 0.6 is 12.4 Å². The molecule has 2 heterocycles. The number of nitrogens with one attached hydrogen (secondary N) is 2. The molecule has 6 heteroatoms. The number of nitrogens with zero attached hydrogens (tertiary/aromatic N) is 1. The monoisotopic (exact) mass is 361 g/mol. The fourth-order valence-corrected chi connectivity index (χ4v) is 3.20. The second-order valence-electron chi connectivity index (χ2n) is 6.18. The normalized spacial score (nSPS) is 18.7. The summed E-state index contributed by atoms with van der Waals surface area (Å²) in [6.45, 7) is 3.94. The van der Waals surface area contributed by atoms with Gasteiger partial charge in [0, 0.05) is 26.2 Å². The van der Waals surface area contributed by atoms with Crippen LogP contribution in [0.25, 0.3) is 6.08 Å². The Morgan fingerprint density at radius 3 is 2.84 bits per heavy atom. The molecule has 0 aromatic heterocycles. The van der Waals surface area contributed by atoms with E-state index in [-0.39, 0.29) is 36.7 Å². The lowest BCUT2D eigenvalue weighted by atomic mass is 9.93. The number of hydrogen-bond donors (Lipinski definition) is 2. The number of fused-ring (bicyclic) bond motifs is 1. The second kappa shape index (κ2) is 8.83. The maximum absolute atomic E-state index is 12.4. The van der Waals surface area contributed by atoms with Crippen LogP contribution < -0.4 is 10.6 Å². The second-order valence-corrected chi connectivity index (χ2v) is 6.18. The summed E-state index contributed by atoms with van der Waals surface area (Å²) in [6.07, 6.45) is 7.06. The molecule has 2 N–H and O–H groups in total. The van der Waals surface area contributed by atoms with E-state index in [4.69, 9.17) is 0 Å². The molecule has 2 aliphatic heterocycles. The van der Waals surface area contributed by atoms with Crippen LogP contribution in [-0.2, 0) is 9.59 Å². The van der Waals surface area contributed by atoms with Gasteiger partial charge in [-0.3, -0.25) is 9.59 Å². The van der Waals surface area contributed by atoms with E-state index in [9.17, 15) is 9.59 Å². The molecule has 0 bridgehead atoms. The molecule has 25 heavy (non-hydrogen) atoms. The van der Waals surface area contributed by atoms with Crippen molar-refractivity contribution in [1.29, 1.82) is 0 Å². The topological polar surface area (TPSA) is 61.4 Å². The van der Waals surface area contributed by atoms with Gasteiger partial charge >= 0.3 is 0 Å². The zero-order chi connectivity index (χ0) is 16.9. The molecule has 3 rings (SSSR count). The fourth-order valence-electron chi connectivity index (χ4n) is 3.20. The fraction of sp³-hybridized carbons (Fsp3) is 0.368. The lowest BCUT2D eigenvalue weighted by Gasteiger charge is -2.32. The number of carbonyl (C=O) groups is 2. The van der Waals surface area contributed by atoms with E-state index in [1.807, 2.05) is 30.3 Å². The highest BCUT2D eigenvalue weighted by atomic mass is 35.5. The Bertz CT molecular complexity index is 700. The van der Waals surface area contributed by atoms with Crippen molar-refractivity contribution in [3.05, 3.63) is 53.2 Å². The van der Waals surface area contributed by atoms with Crippen molar-refractivity contribution >= 4 is 30.3 Å². The van der Waals surface area contributed by atoms with Gasteiger partial charge in [0.25, 0.3) is 0 Å². The average Bonchev–Trinajstić information content (AvgIpc) is 2.61. The van der Waals surface area contributed by atoms with Crippen molar-refractivity contribution in [3.63, 3.8) is 0 Å². The molecule has 0 fully saturated rings. The van der Waals surface area contributed by atoms with Crippen LogP contribution in [0.15, 0.2) is 42.1 Å². The summed E-state index contributed by atoms with van der Waals surface area (Å²) in [5.41, 5.74) is 3.34. The summed E-state index contributed by atoms with van der Waals surface area (Å²) >= 11 is 0. The molecule has 0 spiro atoms. The number of halogens is 1. The summed E-state index contributed by atoms with van der Waals surface area (Å²) in [5, 5.41) is 6.25. The first kappa shape index (κ1) is 19.2. The third kappa shape index (κ3) is 4.71. The van der Waals surface area contributed by atoms with Crippen LogP contribution in [0.3, 0.4) is 0 Å². The number of rotatable bonds is 4. The van der Waals surface area contributed by atoms with Crippen molar-refractivity contribution in [2.45, 2.75) is 25.8 Å². The maximum Gasteiger partial charge on any atom is 0.223 e. The Kier molecular flexibility index (Phi) is 6.79. The van der Waals surface area contributed by atoms with E-state index in [2.05, 4.69) is 16.7 Å². The van der Waals surface area contributed by atoms with Gasteiger partial charge in [-0.15, -0.1) is 12.4 Å². The predicted octanol–water partition coefficient (Wildman–Crippen LogP) is 2.41. The smallest absolute Gasteiger partial charge is 0.223 e. The first-order valence-corrected chi connectivity index (χ1v) is 8.36. The van der Waals surface area contributed by atoms with Crippen LogP contribution in [0.2, 0.25) is 0 Å². The van der Waals surface area contributed by atoms with Crippen LogP contribution in [0.5, 0.6) is 0 Å². The molecule has 2 amide bonds. The first-order chi connectivity index (χ1) is 11.6. The van der Waals surface area contributed by atoms with Gasteiger partial charge in [-0.05, 0) is 30.2 Å². The summed E-state index contributed by atoms with van der Waals surface area (Å²) in [4.78, 5) is 26.0. The summed E-state index contributed by atoms with van der Waals surface area (Å²) < 4.78 is 0. The van der Waals surface area contributed by atoms with E-state index in [0.717, 1.165) is 30.6 Å². The lowest BCUT2D eigenvalue weighted by Crippen LogP contribution is -2.36.